The van der Waals surface area contributed by atoms with Crippen LogP contribution in [0.3, 0.4) is 0 Å². The lowest BCUT2D eigenvalue weighted by molar-refractivity contribution is 0.295. The highest BCUT2D eigenvalue weighted by molar-refractivity contribution is 9.10. The van der Waals surface area contributed by atoms with Crippen molar-refractivity contribution >= 4 is 27.5 Å². The molecular weight excluding hydrogens is 348 g/mol. The van der Waals surface area contributed by atoms with Crippen LogP contribution >= 0.6 is 27.5 Å². The van der Waals surface area contributed by atoms with Gasteiger partial charge in [0.15, 0.2) is 5.15 Å². The Balaban J connectivity index is 1.96. The Kier molecular flexibility index (Phi) is 5.03. The molecule has 0 aliphatic carbocycles. The zero-order chi connectivity index (χ0) is 14.5. The van der Waals surface area contributed by atoms with E-state index in [1.807, 2.05) is 12.1 Å². The second-order valence-electron chi connectivity index (χ2n) is 3.87. The number of hydrogen-bond donors (Lipinski definition) is 0. The van der Waals surface area contributed by atoms with E-state index in [-0.39, 0.29) is 15.2 Å². The van der Waals surface area contributed by atoms with Crippen LogP contribution in [0.5, 0.6) is 11.5 Å². The number of rotatable bonds is 5. The van der Waals surface area contributed by atoms with Crippen LogP contribution in [0.1, 0.15) is 0 Å². The molecular formula is C13H12BrClN2O3. The molecule has 0 saturated carbocycles. The van der Waals surface area contributed by atoms with Crippen LogP contribution in [0.25, 0.3) is 0 Å². The molecule has 0 aliphatic heterocycles. The van der Waals surface area contributed by atoms with Crippen molar-refractivity contribution in [3.05, 3.63) is 50.6 Å². The van der Waals surface area contributed by atoms with Crippen molar-refractivity contribution in [1.82, 2.24) is 9.55 Å². The van der Waals surface area contributed by atoms with Crippen molar-refractivity contribution in [2.45, 2.75) is 6.54 Å². The Morgan fingerprint density at radius 1 is 1.30 bits per heavy atom. The van der Waals surface area contributed by atoms with Crippen LogP contribution in [0.15, 0.2) is 39.9 Å². The van der Waals surface area contributed by atoms with E-state index in [1.165, 1.54) is 10.9 Å². The number of benzene rings is 1. The number of aromatic nitrogens is 2. The van der Waals surface area contributed by atoms with Crippen molar-refractivity contribution in [2.24, 2.45) is 0 Å². The molecule has 1 heterocycles. The number of nitrogens with zero attached hydrogens (tertiary/aromatic N) is 2. The molecule has 0 amide bonds. The molecule has 0 spiro atoms. The van der Waals surface area contributed by atoms with Crippen LogP contribution < -0.4 is 15.0 Å². The van der Waals surface area contributed by atoms with Crippen molar-refractivity contribution < 1.29 is 9.47 Å². The predicted octanol–water partition coefficient (Wildman–Crippen LogP) is 2.75. The van der Waals surface area contributed by atoms with Crippen molar-refractivity contribution in [2.75, 3.05) is 13.7 Å². The predicted molar refractivity (Wildman–Crippen MR) is 79.7 cm³/mol. The van der Waals surface area contributed by atoms with Crippen LogP contribution in [-0.4, -0.2) is 23.3 Å². The Bertz CT molecular complexity index is 643. The van der Waals surface area contributed by atoms with Gasteiger partial charge in [0.2, 0.25) is 0 Å². The molecule has 0 radical (unpaired) electrons. The quantitative estimate of drug-likeness (QED) is 0.770. The normalized spacial score (nSPS) is 10.3. The maximum absolute atomic E-state index is 11.8. The fourth-order valence-electron chi connectivity index (χ4n) is 1.54. The summed E-state index contributed by atoms with van der Waals surface area (Å²) < 4.78 is 12.3. The van der Waals surface area contributed by atoms with E-state index < -0.39 is 0 Å². The molecule has 7 heteroatoms. The highest BCUT2D eigenvalue weighted by Gasteiger charge is 2.06. The average Bonchev–Trinajstić information content (AvgIpc) is 2.48. The lowest BCUT2D eigenvalue weighted by Crippen LogP contribution is -2.24. The van der Waals surface area contributed by atoms with Gasteiger partial charge in [0.05, 0.1) is 20.0 Å². The van der Waals surface area contributed by atoms with Crippen LogP contribution in [-0.2, 0) is 6.54 Å². The van der Waals surface area contributed by atoms with Gasteiger partial charge in [-0.25, -0.2) is 4.98 Å². The second kappa shape index (κ2) is 6.76. The number of ether oxygens (including phenoxy) is 2. The minimum absolute atomic E-state index is 0.155. The minimum atomic E-state index is -0.233. The van der Waals surface area contributed by atoms with Crippen molar-refractivity contribution in [1.29, 1.82) is 0 Å². The SMILES string of the molecule is COc1ccc(OCCn2cnc(Cl)c(Br)c2=O)cc1. The average molecular weight is 360 g/mol. The van der Waals surface area contributed by atoms with E-state index >= 15 is 0 Å². The van der Waals surface area contributed by atoms with Crippen LogP contribution in [0.4, 0.5) is 0 Å². The summed E-state index contributed by atoms with van der Waals surface area (Å²) in [7, 11) is 1.60. The second-order valence-corrected chi connectivity index (χ2v) is 5.02. The summed E-state index contributed by atoms with van der Waals surface area (Å²) in [4.78, 5) is 15.7. The van der Waals surface area contributed by atoms with Gasteiger partial charge in [0, 0.05) is 0 Å². The summed E-state index contributed by atoms with van der Waals surface area (Å²) in [5, 5.41) is 0.155. The summed E-state index contributed by atoms with van der Waals surface area (Å²) in [6, 6.07) is 7.22. The Morgan fingerprint density at radius 3 is 2.60 bits per heavy atom. The third-order valence-corrected chi connectivity index (χ3v) is 3.83. The first kappa shape index (κ1) is 14.9. The van der Waals surface area contributed by atoms with Gasteiger partial charge < -0.3 is 9.47 Å². The molecule has 20 heavy (non-hydrogen) atoms. The van der Waals surface area contributed by atoms with Crippen LogP contribution in [0, 0.1) is 0 Å². The van der Waals surface area contributed by atoms with E-state index in [2.05, 4.69) is 20.9 Å². The summed E-state index contributed by atoms with van der Waals surface area (Å²) >= 11 is 8.83. The van der Waals surface area contributed by atoms with Gasteiger partial charge in [-0.05, 0) is 40.2 Å². The zero-order valence-electron chi connectivity index (χ0n) is 10.7. The fourth-order valence-corrected chi connectivity index (χ4v) is 1.99. The first-order valence-corrected chi connectivity index (χ1v) is 6.96. The highest BCUT2D eigenvalue weighted by Crippen LogP contribution is 2.17. The summed E-state index contributed by atoms with van der Waals surface area (Å²) in [5.74, 6) is 1.47. The minimum Gasteiger partial charge on any atom is -0.497 e. The molecule has 1 aromatic heterocycles. The molecule has 0 saturated heterocycles. The Hall–Kier alpha value is -1.53. The molecule has 0 fully saturated rings. The van der Waals surface area contributed by atoms with Gasteiger partial charge in [-0.3, -0.25) is 9.36 Å². The van der Waals surface area contributed by atoms with Gasteiger partial charge >= 0.3 is 0 Å². The molecule has 5 nitrogen and oxygen atoms in total. The molecule has 1 aromatic carbocycles. The van der Waals surface area contributed by atoms with Crippen molar-refractivity contribution in [3.8, 4) is 11.5 Å². The maximum Gasteiger partial charge on any atom is 0.269 e. The fraction of sp³-hybridized carbons (Fsp3) is 0.231. The van der Waals surface area contributed by atoms with Gasteiger partial charge in [-0.15, -0.1) is 0 Å². The van der Waals surface area contributed by atoms with Gasteiger partial charge in [-0.1, -0.05) is 11.6 Å². The van der Waals surface area contributed by atoms with Gasteiger partial charge in [0.1, 0.15) is 22.6 Å². The highest BCUT2D eigenvalue weighted by atomic mass is 79.9. The summed E-state index contributed by atoms with van der Waals surface area (Å²) in [6.45, 7) is 0.732. The summed E-state index contributed by atoms with van der Waals surface area (Å²) in [5.41, 5.74) is -0.233. The van der Waals surface area contributed by atoms with E-state index in [0.29, 0.717) is 18.9 Å². The van der Waals surface area contributed by atoms with E-state index in [0.717, 1.165) is 5.75 Å². The van der Waals surface area contributed by atoms with Gasteiger partial charge in [0.25, 0.3) is 5.56 Å². The Labute approximate surface area is 129 Å². The lowest BCUT2D eigenvalue weighted by atomic mass is 10.3. The first-order chi connectivity index (χ1) is 9.61. The molecule has 0 unspecified atom stereocenters. The van der Waals surface area contributed by atoms with E-state index in [1.54, 1.807) is 19.2 Å². The zero-order valence-corrected chi connectivity index (χ0v) is 13.0. The van der Waals surface area contributed by atoms with Gasteiger partial charge in [-0.2, -0.15) is 0 Å². The smallest absolute Gasteiger partial charge is 0.269 e. The first-order valence-electron chi connectivity index (χ1n) is 5.79. The molecule has 0 atom stereocenters. The third-order valence-electron chi connectivity index (χ3n) is 2.60. The largest absolute Gasteiger partial charge is 0.497 e. The molecule has 0 bridgehead atoms. The van der Waals surface area contributed by atoms with Crippen molar-refractivity contribution in [3.63, 3.8) is 0 Å². The third kappa shape index (κ3) is 3.52. The number of hydrogen-bond acceptors (Lipinski definition) is 4. The summed E-state index contributed by atoms with van der Waals surface area (Å²) in [6.07, 6.45) is 1.40. The Morgan fingerprint density at radius 2 is 1.95 bits per heavy atom. The molecule has 0 N–H and O–H groups in total. The molecule has 0 aliphatic rings. The van der Waals surface area contributed by atoms with E-state index in [9.17, 15) is 4.79 Å². The monoisotopic (exact) mass is 358 g/mol. The van der Waals surface area contributed by atoms with E-state index in [4.69, 9.17) is 21.1 Å². The standard InChI is InChI=1S/C13H12BrClN2O3/c1-19-9-2-4-10(5-3-9)20-7-6-17-8-16-12(15)11(14)13(17)18/h2-5,8H,6-7H2,1H3. The topological polar surface area (TPSA) is 53.4 Å². The maximum atomic E-state index is 11.8. The molecule has 2 rings (SSSR count). The number of methoxy groups -OCH3 is 1. The molecule has 106 valence electrons. The van der Waals surface area contributed by atoms with Crippen LogP contribution in [0.2, 0.25) is 5.15 Å². The number of halogens is 2. The molecule has 2 aromatic rings. The lowest BCUT2D eigenvalue weighted by Gasteiger charge is -2.09.